The van der Waals surface area contributed by atoms with Gasteiger partial charge in [0, 0.05) is 17.7 Å². The van der Waals surface area contributed by atoms with Crippen molar-refractivity contribution in [1.82, 2.24) is 29.6 Å². The molecule has 2 aromatic rings. The molecule has 0 aliphatic heterocycles. The van der Waals surface area contributed by atoms with Gasteiger partial charge < -0.3 is 4.90 Å². The molecule has 1 saturated carbocycles. The molecule has 0 amide bonds. The lowest BCUT2D eigenvalue weighted by atomic mass is 10.2. The van der Waals surface area contributed by atoms with E-state index in [1.54, 1.807) is 0 Å². The predicted octanol–water partition coefficient (Wildman–Crippen LogP) is 1.61. The maximum Gasteiger partial charge on any atom is 0.159 e. The van der Waals surface area contributed by atoms with Gasteiger partial charge in [0.25, 0.3) is 0 Å². The highest BCUT2D eigenvalue weighted by atomic mass is 15.4. The van der Waals surface area contributed by atoms with Crippen molar-refractivity contribution in [3.8, 4) is 5.82 Å². The van der Waals surface area contributed by atoms with Crippen molar-refractivity contribution in [1.29, 1.82) is 0 Å². The molecular weight excluding hydrogens is 252 g/mol. The van der Waals surface area contributed by atoms with E-state index < -0.39 is 0 Å². The van der Waals surface area contributed by atoms with E-state index in [9.17, 15) is 0 Å². The maximum atomic E-state index is 4.54. The summed E-state index contributed by atoms with van der Waals surface area (Å²) in [6.45, 7) is 4.58. The number of rotatable bonds is 4. The molecular formula is C14H20N6. The Hall–Kier alpha value is -1.82. The van der Waals surface area contributed by atoms with Gasteiger partial charge in [-0.1, -0.05) is 0 Å². The Bertz CT molecular complexity index is 627. The first-order valence-corrected chi connectivity index (χ1v) is 6.96. The van der Waals surface area contributed by atoms with Crippen LogP contribution in [0.1, 0.15) is 41.9 Å². The first-order valence-electron chi connectivity index (χ1n) is 6.96. The summed E-state index contributed by atoms with van der Waals surface area (Å²) in [7, 11) is 4.05. The Labute approximate surface area is 118 Å². The zero-order valence-corrected chi connectivity index (χ0v) is 12.5. The fourth-order valence-corrected chi connectivity index (χ4v) is 2.30. The lowest BCUT2D eigenvalue weighted by Crippen LogP contribution is -2.16. The molecule has 3 rings (SSSR count). The molecule has 20 heavy (non-hydrogen) atoms. The maximum absolute atomic E-state index is 4.54. The van der Waals surface area contributed by atoms with E-state index in [2.05, 4.69) is 31.0 Å². The minimum absolute atomic E-state index is 0.609. The van der Waals surface area contributed by atoms with E-state index in [1.165, 1.54) is 12.8 Å². The predicted molar refractivity (Wildman–Crippen MR) is 75.8 cm³/mol. The molecule has 0 bridgehead atoms. The molecule has 1 aliphatic carbocycles. The average Bonchev–Trinajstić information content (AvgIpc) is 3.13. The van der Waals surface area contributed by atoms with E-state index in [-0.39, 0.29) is 0 Å². The molecule has 0 aromatic carbocycles. The molecule has 0 N–H and O–H groups in total. The van der Waals surface area contributed by atoms with Gasteiger partial charge in [-0.3, -0.25) is 0 Å². The Morgan fingerprint density at radius 1 is 1.15 bits per heavy atom. The third kappa shape index (κ3) is 2.70. The lowest BCUT2D eigenvalue weighted by molar-refractivity contribution is 0.385. The van der Waals surface area contributed by atoms with Gasteiger partial charge in [0.15, 0.2) is 5.82 Å². The van der Waals surface area contributed by atoms with Crippen LogP contribution in [-0.2, 0) is 6.54 Å². The van der Waals surface area contributed by atoms with E-state index >= 15 is 0 Å². The van der Waals surface area contributed by atoms with Crippen LogP contribution in [0.3, 0.4) is 0 Å². The van der Waals surface area contributed by atoms with Gasteiger partial charge in [0.1, 0.15) is 17.5 Å². The fraction of sp³-hybridized carbons (Fsp3) is 0.571. The minimum Gasteiger partial charge on any atom is -0.302 e. The van der Waals surface area contributed by atoms with Gasteiger partial charge in [-0.2, -0.15) is 4.68 Å². The summed E-state index contributed by atoms with van der Waals surface area (Å²) in [4.78, 5) is 15.6. The molecule has 0 radical (unpaired) electrons. The molecule has 6 heteroatoms. The van der Waals surface area contributed by atoms with Crippen molar-refractivity contribution >= 4 is 0 Å². The molecule has 0 unspecified atom stereocenters. The Kier molecular flexibility index (Phi) is 3.25. The number of hydrogen-bond acceptors (Lipinski definition) is 5. The van der Waals surface area contributed by atoms with Gasteiger partial charge in [-0.25, -0.2) is 15.0 Å². The summed E-state index contributed by atoms with van der Waals surface area (Å²) in [6, 6.07) is 2.05. The SMILES string of the molecule is Cc1nc(C2CC2)cc(-n2nc(C)nc2CN(C)C)n1. The van der Waals surface area contributed by atoms with E-state index in [0.29, 0.717) is 5.92 Å². The number of nitrogens with zero attached hydrogens (tertiary/aromatic N) is 6. The van der Waals surface area contributed by atoms with Crippen LogP contribution in [0.4, 0.5) is 0 Å². The second-order valence-corrected chi connectivity index (χ2v) is 5.70. The number of aryl methyl sites for hydroxylation is 2. The second kappa shape index (κ2) is 4.94. The molecule has 0 atom stereocenters. The first-order chi connectivity index (χ1) is 9.52. The second-order valence-electron chi connectivity index (χ2n) is 5.70. The van der Waals surface area contributed by atoms with Crippen LogP contribution >= 0.6 is 0 Å². The summed E-state index contributed by atoms with van der Waals surface area (Å²) < 4.78 is 1.84. The van der Waals surface area contributed by atoms with E-state index in [1.807, 2.05) is 32.6 Å². The summed E-state index contributed by atoms with van der Waals surface area (Å²) in [5.74, 6) is 3.92. The van der Waals surface area contributed by atoms with E-state index in [0.717, 1.165) is 35.5 Å². The van der Waals surface area contributed by atoms with Crippen molar-refractivity contribution in [2.45, 2.75) is 39.2 Å². The van der Waals surface area contributed by atoms with Crippen LogP contribution in [0.2, 0.25) is 0 Å². The summed E-state index contributed by atoms with van der Waals surface area (Å²) >= 11 is 0. The number of hydrogen-bond donors (Lipinski definition) is 0. The van der Waals surface area contributed by atoms with Crippen molar-refractivity contribution in [3.05, 3.63) is 29.2 Å². The number of aromatic nitrogens is 5. The molecule has 1 fully saturated rings. The van der Waals surface area contributed by atoms with Gasteiger partial charge in [-0.05, 0) is 40.8 Å². The zero-order valence-electron chi connectivity index (χ0n) is 12.5. The van der Waals surface area contributed by atoms with Gasteiger partial charge >= 0.3 is 0 Å². The molecule has 106 valence electrons. The van der Waals surface area contributed by atoms with Crippen molar-refractivity contribution in [2.75, 3.05) is 14.1 Å². The lowest BCUT2D eigenvalue weighted by Gasteiger charge is -2.11. The van der Waals surface area contributed by atoms with Crippen LogP contribution in [0.25, 0.3) is 5.82 Å². The molecule has 1 aliphatic rings. The van der Waals surface area contributed by atoms with Crippen LogP contribution in [-0.4, -0.2) is 43.7 Å². The standard InChI is InChI=1S/C14H20N6/c1-9-15-12(11-5-6-11)7-13(16-9)20-14(8-19(3)4)17-10(2)18-20/h7,11H,5-6,8H2,1-4H3. The summed E-state index contributed by atoms with van der Waals surface area (Å²) in [6.07, 6.45) is 2.47. The smallest absolute Gasteiger partial charge is 0.159 e. The highest BCUT2D eigenvalue weighted by molar-refractivity contribution is 5.29. The quantitative estimate of drug-likeness (QED) is 0.846. The first kappa shape index (κ1) is 13.2. The Morgan fingerprint density at radius 3 is 2.55 bits per heavy atom. The molecule has 2 heterocycles. The average molecular weight is 272 g/mol. The van der Waals surface area contributed by atoms with Gasteiger partial charge in [0.2, 0.25) is 0 Å². The van der Waals surface area contributed by atoms with Crippen molar-refractivity contribution in [3.63, 3.8) is 0 Å². The zero-order chi connectivity index (χ0) is 14.3. The van der Waals surface area contributed by atoms with E-state index in [4.69, 9.17) is 0 Å². The summed E-state index contributed by atoms with van der Waals surface area (Å²) in [5, 5.41) is 4.48. The third-order valence-corrected chi connectivity index (χ3v) is 3.29. The van der Waals surface area contributed by atoms with Crippen LogP contribution in [0.15, 0.2) is 6.07 Å². The topological polar surface area (TPSA) is 59.7 Å². The minimum atomic E-state index is 0.609. The highest BCUT2D eigenvalue weighted by Gasteiger charge is 2.26. The van der Waals surface area contributed by atoms with Gasteiger partial charge in [0.05, 0.1) is 6.54 Å². The third-order valence-electron chi connectivity index (χ3n) is 3.29. The molecule has 6 nitrogen and oxygen atoms in total. The highest BCUT2D eigenvalue weighted by Crippen LogP contribution is 2.39. The van der Waals surface area contributed by atoms with Crippen LogP contribution < -0.4 is 0 Å². The fourth-order valence-electron chi connectivity index (χ4n) is 2.30. The molecule has 0 saturated heterocycles. The van der Waals surface area contributed by atoms with Gasteiger partial charge in [-0.15, -0.1) is 5.10 Å². The Balaban J connectivity index is 2.03. The van der Waals surface area contributed by atoms with Crippen LogP contribution in [0, 0.1) is 13.8 Å². The van der Waals surface area contributed by atoms with Crippen LogP contribution in [0.5, 0.6) is 0 Å². The van der Waals surface area contributed by atoms with Crippen molar-refractivity contribution in [2.24, 2.45) is 0 Å². The largest absolute Gasteiger partial charge is 0.302 e. The molecule has 0 spiro atoms. The summed E-state index contributed by atoms with van der Waals surface area (Å²) in [5.41, 5.74) is 1.14. The normalized spacial score (nSPS) is 15.1. The Morgan fingerprint density at radius 2 is 1.90 bits per heavy atom. The monoisotopic (exact) mass is 272 g/mol. The molecule has 2 aromatic heterocycles. The van der Waals surface area contributed by atoms with Crippen molar-refractivity contribution < 1.29 is 0 Å².